The second-order valence-corrected chi connectivity index (χ2v) is 4.91. The molecule has 2 N–H and O–H groups in total. The molecule has 1 aliphatic rings. The molecule has 0 saturated carbocycles. The highest BCUT2D eigenvalue weighted by atomic mass is 79.9. The third-order valence-electron chi connectivity index (χ3n) is 2.65. The molecule has 1 aromatic rings. The Morgan fingerprint density at radius 2 is 2.47 bits per heavy atom. The van der Waals surface area contributed by atoms with E-state index in [0.717, 1.165) is 23.7 Å². The van der Waals surface area contributed by atoms with E-state index in [1.165, 1.54) is 0 Å². The molecule has 1 amide bonds. The fourth-order valence-electron chi connectivity index (χ4n) is 1.71. The molecule has 0 unspecified atom stereocenters. The summed E-state index contributed by atoms with van der Waals surface area (Å²) in [6, 6.07) is 1.72. The summed E-state index contributed by atoms with van der Waals surface area (Å²) in [6.45, 7) is 0. The van der Waals surface area contributed by atoms with Crippen molar-refractivity contribution in [3.8, 4) is 0 Å². The molecule has 90 valence electrons. The van der Waals surface area contributed by atoms with Crippen molar-refractivity contribution in [2.75, 3.05) is 0 Å². The quantitative estimate of drug-likeness (QED) is 0.503. The first-order chi connectivity index (χ1) is 8.25. The fourth-order valence-corrected chi connectivity index (χ4v) is 2.06. The molecule has 1 atom stereocenters. The van der Waals surface area contributed by atoms with E-state index in [-0.39, 0.29) is 5.91 Å². The van der Waals surface area contributed by atoms with Gasteiger partial charge in [-0.3, -0.25) is 4.79 Å². The second-order valence-electron chi connectivity index (χ2n) is 4.00. The van der Waals surface area contributed by atoms with E-state index in [0.29, 0.717) is 11.6 Å². The van der Waals surface area contributed by atoms with Crippen LogP contribution in [0.2, 0.25) is 0 Å². The summed E-state index contributed by atoms with van der Waals surface area (Å²) < 4.78 is 0.851. The van der Waals surface area contributed by atoms with Crippen LogP contribution in [0.4, 0.5) is 0 Å². The lowest BCUT2D eigenvalue weighted by Gasteiger charge is -2.11. The summed E-state index contributed by atoms with van der Waals surface area (Å²) in [4.78, 5) is 14.5. The van der Waals surface area contributed by atoms with E-state index in [1.54, 1.807) is 12.3 Å². The van der Waals surface area contributed by atoms with E-state index in [2.05, 4.69) is 43.6 Å². The number of hydrogen-bond acceptors (Lipinski definition) is 2. The van der Waals surface area contributed by atoms with Gasteiger partial charge in [0, 0.05) is 16.9 Å². The molecule has 0 fully saturated rings. The van der Waals surface area contributed by atoms with Crippen molar-refractivity contribution < 1.29 is 4.79 Å². The molecule has 2 rings (SSSR count). The van der Waals surface area contributed by atoms with Gasteiger partial charge in [-0.15, -0.1) is 0 Å². The molecule has 0 aliphatic heterocycles. The van der Waals surface area contributed by atoms with Crippen molar-refractivity contribution >= 4 is 28.1 Å². The van der Waals surface area contributed by atoms with Crippen LogP contribution in [0.3, 0.4) is 0 Å². The number of halogens is 1. The molecule has 0 radical (unpaired) electrons. The van der Waals surface area contributed by atoms with Crippen LogP contribution in [0.15, 0.2) is 34.0 Å². The largest absolute Gasteiger partial charge is 0.356 e. The van der Waals surface area contributed by atoms with E-state index in [4.69, 9.17) is 0 Å². The molecular formula is C12H14BrN3O. The van der Waals surface area contributed by atoms with E-state index in [9.17, 15) is 4.79 Å². The first-order valence-corrected chi connectivity index (χ1v) is 6.37. The first kappa shape index (κ1) is 12.1. The summed E-state index contributed by atoms with van der Waals surface area (Å²) in [6.07, 6.45) is 11.1. The van der Waals surface area contributed by atoms with Crippen LogP contribution >= 0.6 is 15.9 Å². The summed E-state index contributed by atoms with van der Waals surface area (Å²) in [5, 5.41) is 3.99. The van der Waals surface area contributed by atoms with Crippen LogP contribution in [0.5, 0.6) is 0 Å². The minimum Gasteiger partial charge on any atom is -0.356 e. The van der Waals surface area contributed by atoms with Gasteiger partial charge in [0.25, 0.3) is 5.91 Å². The number of nitrogens with zero attached hydrogens (tertiary/aromatic N) is 1. The summed E-state index contributed by atoms with van der Waals surface area (Å²) in [7, 11) is 0. The van der Waals surface area contributed by atoms with Crippen molar-refractivity contribution in [3.05, 3.63) is 34.6 Å². The highest BCUT2D eigenvalue weighted by Crippen LogP contribution is 2.15. The van der Waals surface area contributed by atoms with Crippen molar-refractivity contribution in [2.45, 2.75) is 19.3 Å². The Balaban J connectivity index is 1.83. The number of aromatic amines is 1. The van der Waals surface area contributed by atoms with Gasteiger partial charge in [0.1, 0.15) is 5.69 Å². The van der Waals surface area contributed by atoms with Gasteiger partial charge in [-0.1, -0.05) is 12.2 Å². The van der Waals surface area contributed by atoms with Gasteiger partial charge in [-0.2, -0.15) is 5.10 Å². The van der Waals surface area contributed by atoms with Gasteiger partial charge in [-0.05, 0) is 47.2 Å². The van der Waals surface area contributed by atoms with Gasteiger partial charge in [0.05, 0.1) is 0 Å². The number of hydrazone groups is 1. The van der Waals surface area contributed by atoms with Gasteiger partial charge < -0.3 is 4.98 Å². The number of H-pyrrole nitrogens is 1. The average molecular weight is 296 g/mol. The molecular weight excluding hydrogens is 282 g/mol. The Bertz CT molecular complexity index is 450. The SMILES string of the molecule is O=C(N/N=C\[C@@H]1CC=CCC1)c1cc(Br)c[nH]1. The maximum atomic E-state index is 11.6. The number of rotatable bonds is 3. The summed E-state index contributed by atoms with van der Waals surface area (Å²) in [5.74, 6) is 0.217. The van der Waals surface area contributed by atoms with Crippen LogP contribution in [-0.4, -0.2) is 17.1 Å². The Morgan fingerprint density at radius 3 is 3.12 bits per heavy atom. The number of hydrogen-bond donors (Lipinski definition) is 2. The third kappa shape index (κ3) is 3.56. The zero-order valence-corrected chi connectivity index (χ0v) is 10.9. The highest BCUT2D eigenvalue weighted by molar-refractivity contribution is 9.10. The number of carbonyl (C=O) groups is 1. The van der Waals surface area contributed by atoms with Crippen LogP contribution < -0.4 is 5.43 Å². The Morgan fingerprint density at radius 1 is 1.59 bits per heavy atom. The first-order valence-electron chi connectivity index (χ1n) is 5.58. The topological polar surface area (TPSA) is 57.2 Å². The van der Waals surface area contributed by atoms with E-state index >= 15 is 0 Å². The Labute approximate surface area is 108 Å². The van der Waals surface area contributed by atoms with Gasteiger partial charge in [0.2, 0.25) is 0 Å². The lowest BCUT2D eigenvalue weighted by molar-refractivity contribution is 0.0950. The lowest BCUT2D eigenvalue weighted by Crippen LogP contribution is -2.19. The Kier molecular flexibility index (Phi) is 4.14. The predicted molar refractivity (Wildman–Crippen MR) is 70.9 cm³/mol. The average Bonchev–Trinajstić information content (AvgIpc) is 2.77. The third-order valence-corrected chi connectivity index (χ3v) is 3.11. The monoisotopic (exact) mass is 295 g/mol. The van der Waals surface area contributed by atoms with E-state index < -0.39 is 0 Å². The number of allylic oxidation sites excluding steroid dienone is 2. The highest BCUT2D eigenvalue weighted by Gasteiger charge is 2.08. The molecule has 1 heterocycles. The number of aromatic nitrogens is 1. The minimum absolute atomic E-state index is 0.224. The summed E-state index contributed by atoms with van der Waals surface area (Å²) >= 11 is 3.27. The van der Waals surface area contributed by atoms with Crippen molar-refractivity contribution in [3.63, 3.8) is 0 Å². The Hall–Kier alpha value is -1.36. The van der Waals surface area contributed by atoms with E-state index in [1.807, 2.05) is 6.21 Å². The minimum atomic E-state index is -0.224. The fraction of sp³-hybridized carbons (Fsp3) is 0.333. The van der Waals surface area contributed by atoms with Crippen molar-refractivity contribution in [2.24, 2.45) is 11.0 Å². The van der Waals surface area contributed by atoms with Crippen molar-refractivity contribution in [1.82, 2.24) is 10.4 Å². The molecule has 17 heavy (non-hydrogen) atoms. The van der Waals surface area contributed by atoms with Crippen LogP contribution in [0, 0.1) is 5.92 Å². The molecule has 1 aliphatic carbocycles. The smallest absolute Gasteiger partial charge is 0.287 e. The lowest BCUT2D eigenvalue weighted by atomic mass is 9.96. The number of nitrogens with one attached hydrogen (secondary N) is 2. The van der Waals surface area contributed by atoms with Gasteiger partial charge >= 0.3 is 0 Å². The molecule has 4 nitrogen and oxygen atoms in total. The normalized spacial score (nSPS) is 19.7. The molecule has 0 bridgehead atoms. The zero-order valence-electron chi connectivity index (χ0n) is 9.32. The van der Waals surface area contributed by atoms with Crippen molar-refractivity contribution in [1.29, 1.82) is 0 Å². The zero-order chi connectivity index (χ0) is 12.1. The maximum absolute atomic E-state index is 11.6. The molecule has 0 aromatic carbocycles. The van der Waals surface area contributed by atoms with Gasteiger partial charge in [0.15, 0.2) is 0 Å². The molecule has 0 spiro atoms. The van der Waals surface area contributed by atoms with Crippen LogP contribution in [-0.2, 0) is 0 Å². The molecule has 5 heteroatoms. The molecule has 0 saturated heterocycles. The summed E-state index contributed by atoms with van der Waals surface area (Å²) in [5.41, 5.74) is 3.01. The predicted octanol–water partition coefficient (Wildman–Crippen LogP) is 2.85. The standard InChI is InChI=1S/C12H14BrN3O/c13-10-6-11(14-8-10)12(17)16-15-7-9-4-2-1-3-5-9/h1-2,6-9,14H,3-5H2,(H,16,17)/b15-7-/t9-/m1/s1. The molecule has 1 aromatic heterocycles. The second kappa shape index (κ2) is 5.82. The number of carbonyl (C=O) groups excluding carboxylic acids is 1. The van der Waals surface area contributed by atoms with Gasteiger partial charge in [-0.25, -0.2) is 5.43 Å². The maximum Gasteiger partial charge on any atom is 0.287 e. The number of amides is 1. The van der Waals surface area contributed by atoms with Crippen LogP contribution in [0.25, 0.3) is 0 Å². The van der Waals surface area contributed by atoms with Crippen LogP contribution in [0.1, 0.15) is 29.8 Å².